The molecule has 5 nitrogen and oxygen atoms in total. The molecule has 0 aliphatic carbocycles. The van der Waals surface area contributed by atoms with Crippen molar-refractivity contribution in [1.29, 1.82) is 0 Å². The van der Waals surface area contributed by atoms with Crippen LogP contribution in [-0.4, -0.2) is 45.6 Å². The standard InChI is InChI=1S/C16H21N5/c1-2-8-20-11-15-16(12-6-4-3-5-7-12)18-19-21(15)14-10-17-9-13(14)20/h3-7,13-14,17H,2,8-11H2,1H3. The summed E-state index contributed by atoms with van der Waals surface area (Å²) in [7, 11) is 0. The highest BCUT2D eigenvalue weighted by Crippen LogP contribution is 2.33. The van der Waals surface area contributed by atoms with Gasteiger partial charge in [-0.3, -0.25) is 4.90 Å². The first-order valence-electron chi connectivity index (χ1n) is 7.82. The largest absolute Gasteiger partial charge is 0.313 e. The van der Waals surface area contributed by atoms with Crippen LogP contribution < -0.4 is 5.32 Å². The smallest absolute Gasteiger partial charge is 0.117 e. The van der Waals surface area contributed by atoms with Crippen LogP contribution in [-0.2, 0) is 6.54 Å². The van der Waals surface area contributed by atoms with Gasteiger partial charge in [-0.1, -0.05) is 42.5 Å². The van der Waals surface area contributed by atoms with Crippen LogP contribution in [0.5, 0.6) is 0 Å². The van der Waals surface area contributed by atoms with Gasteiger partial charge in [0.2, 0.25) is 0 Å². The number of nitrogens with zero attached hydrogens (tertiary/aromatic N) is 4. The zero-order chi connectivity index (χ0) is 14.2. The minimum Gasteiger partial charge on any atom is -0.313 e. The summed E-state index contributed by atoms with van der Waals surface area (Å²) in [6.07, 6.45) is 1.19. The Labute approximate surface area is 125 Å². The third-order valence-corrected chi connectivity index (χ3v) is 4.64. The van der Waals surface area contributed by atoms with Gasteiger partial charge in [0, 0.05) is 31.2 Å². The molecule has 1 saturated heterocycles. The van der Waals surface area contributed by atoms with E-state index in [4.69, 9.17) is 0 Å². The summed E-state index contributed by atoms with van der Waals surface area (Å²) in [5.41, 5.74) is 3.47. The van der Waals surface area contributed by atoms with Crippen molar-refractivity contribution in [1.82, 2.24) is 25.2 Å². The molecule has 0 saturated carbocycles. The van der Waals surface area contributed by atoms with Crippen LogP contribution in [0.15, 0.2) is 30.3 Å². The van der Waals surface area contributed by atoms with Gasteiger partial charge in [0.1, 0.15) is 5.69 Å². The fourth-order valence-electron chi connectivity index (χ4n) is 3.66. The third-order valence-electron chi connectivity index (χ3n) is 4.64. The van der Waals surface area contributed by atoms with Crippen molar-refractivity contribution >= 4 is 0 Å². The van der Waals surface area contributed by atoms with Crippen LogP contribution in [0.3, 0.4) is 0 Å². The number of fused-ring (bicyclic) bond motifs is 3. The fraction of sp³-hybridized carbons (Fsp3) is 0.500. The summed E-state index contributed by atoms with van der Waals surface area (Å²) in [4.78, 5) is 2.59. The Balaban J connectivity index is 1.76. The summed E-state index contributed by atoms with van der Waals surface area (Å²) in [6.45, 7) is 6.40. The minimum absolute atomic E-state index is 0.422. The zero-order valence-corrected chi connectivity index (χ0v) is 12.4. The summed E-state index contributed by atoms with van der Waals surface area (Å²) in [6, 6.07) is 11.4. The average molecular weight is 283 g/mol. The Morgan fingerprint density at radius 1 is 1.19 bits per heavy atom. The summed E-state index contributed by atoms with van der Waals surface area (Å²) >= 11 is 0. The SMILES string of the molecule is CCCN1Cc2c(-c3ccccc3)nnn2C2CNCC21. The van der Waals surface area contributed by atoms with Crippen LogP contribution in [0.2, 0.25) is 0 Å². The number of hydrogen-bond acceptors (Lipinski definition) is 4. The highest BCUT2D eigenvalue weighted by atomic mass is 15.5. The minimum atomic E-state index is 0.422. The molecule has 110 valence electrons. The van der Waals surface area contributed by atoms with Gasteiger partial charge in [0.25, 0.3) is 0 Å². The third kappa shape index (κ3) is 2.08. The lowest BCUT2D eigenvalue weighted by Crippen LogP contribution is -2.46. The van der Waals surface area contributed by atoms with Crippen molar-refractivity contribution in [3.8, 4) is 11.3 Å². The lowest BCUT2D eigenvalue weighted by atomic mass is 10.0. The van der Waals surface area contributed by atoms with Crippen LogP contribution in [0, 0.1) is 0 Å². The fourth-order valence-corrected chi connectivity index (χ4v) is 3.66. The second kappa shape index (κ2) is 5.24. The molecule has 0 amide bonds. The quantitative estimate of drug-likeness (QED) is 0.931. The lowest BCUT2D eigenvalue weighted by molar-refractivity contribution is 0.124. The van der Waals surface area contributed by atoms with Crippen molar-refractivity contribution in [2.24, 2.45) is 0 Å². The van der Waals surface area contributed by atoms with Crippen LogP contribution in [0.1, 0.15) is 25.1 Å². The molecule has 1 aromatic heterocycles. The molecule has 5 heteroatoms. The Morgan fingerprint density at radius 3 is 2.81 bits per heavy atom. The maximum absolute atomic E-state index is 4.48. The highest BCUT2D eigenvalue weighted by Gasteiger charge is 2.40. The zero-order valence-electron chi connectivity index (χ0n) is 12.4. The van der Waals surface area contributed by atoms with E-state index in [0.29, 0.717) is 12.1 Å². The molecule has 2 unspecified atom stereocenters. The molecular weight excluding hydrogens is 262 g/mol. The number of nitrogens with one attached hydrogen (secondary N) is 1. The summed E-state index contributed by atoms with van der Waals surface area (Å²) < 4.78 is 2.17. The van der Waals surface area contributed by atoms with E-state index in [1.54, 1.807) is 0 Å². The molecular formula is C16H21N5. The summed E-state index contributed by atoms with van der Waals surface area (Å²) in [5.74, 6) is 0. The molecule has 1 aromatic carbocycles. The lowest BCUT2D eigenvalue weighted by Gasteiger charge is -2.37. The maximum Gasteiger partial charge on any atom is 0.117 e. The monoisotopic (exact) mass is 283 g/mol. The van der Waals surface area contributed by atoms with Crippen molar-refractivity contribution in [3.05, 3.63) is 36.0 Å². The van der Waals surface area contributed by atoms with E-state index in [1.807, 2.05) is 6.07 Å². The Hall–Kier alpha value is -1.72. The summed E-state index contributed by atoms with van der Waals surface area (Å²) in [5, 5.41) is 12.5. The molecule has 3 heterocycles. The van der Waals surface area contributed by atoms with Gasteiger partial charge < -0.3 is 5.32 Å². The number of aromatic nitrogens is 3. The molecule has 2 aliphatic heterocycles. The number of rotatable bonds is 3. The second-order valence-electron chi connectivity index (χ2n) is 5.96. The average Bonchev–Trinajstić information content (AvgIpc) is 3.14. The van der Waals surface area contributed by atoms with Crippen LogP contribution in [0.4, 0.5) is 0 Å². The predicted molar refractivity (Wildman–Crippen MR) is 81.9 cm³/mol. The first-order valence-corrected chi connectivity index (χ1v) is 7.82. The van der Waals surface area contributed by atoms with E-state index in [0.717, 1.165) is 31.9 Å². The van der Waals surface area contributed by atoms with Crippen molar-refractivity contribution in [2.45, 2.75) is 32.0 Å². The molecule has 1 N–H and O–H groups in total. The molecule has 21 heavy (non-hydrogen) atoms. The molecule has 0 bridgehead atoms. The molecule has 2 aromatic rings. The normalized spacial score (nSPS) is 24.8. The van der Waals surface area contributed by atoms with E-state index in [9.17, 15) is 0 Å². The van der Waals surface area contributed by atoms with Gasteiger partial charge in [0.05, 0.1) is 11.7 Å². The van der Waals surface area contributed by atoms with E-state index in [-0.39, 0.29) is 0 Å². The van der Waals surface area contributed by atoms with Crippen molar-refractivity contribution < 1.29 is 0 Å². The van der Waals surface area contributed by atoms with Crippen LogP contribution >= 0.6 is 0 Å². The van der Waals surface area contributed by atoms with Gasteiger partial charge in [0.15, 0.2) is 0 Å². The van der Waals surface area contributed by atoms with E-state index in [1.165, 1.54) is 17.7 Å². The van der Waals surface area contributed by atoms with E-state index < -0.39 is 0 Å². The molecule has 1 fully saturated rings. The molecule has 4 rings (SSSR count). The first kappa shape index (κ1) is 13.0. The first-order chi connectivity index (χ1) is 10.4. The van der Waals surface area contributed by atoms with Gasteiger partial charge >= 0.3 is 0 Å². The number of hydrogen-bond donors (Lipinski definition) is 1. The highest BCUT2D eigenvalue weighted by molar-refractivity contribution is 5.61. The molecule has 2 atom stereocenters. The Morgan fingerprint density at radius 2 is 2.00 bits per heavy atom. The van der Waals surface area contributed by atoms with Crippen molar-refractivity contribution in [2.75, 3.05) is 19.6 Å². The molecule has 2 aliphatic rings. The Kier molecular flexibility index (Phi) is 3.24. The number of benzene rings is 1. The van der Waals surface area contributed by atoms with E-state index >= 15 is 0 Å². The van der Waals surface area contributed by atoms with Gasteiger partial charge in [-0.25, -0.2) is 4.68 Å². The maximum atomic E-state index is 4.48. The second-order valence-corrected chi connectivity index (χ2v) is 5.96. The van der Waals surface area contributed by atoms with E-state index in [2.05, 4.69) is 56.4 Å². The topological polar surface area (TPSA) is 46.0 Å². The Bertz CT molecular complexity index is 621. The van der Waals surface area contributed by atoms with Gasteiger partial charge in [-0.2, -0.15) is 0 Å². The van der Waals surface area contributed by atoms with Crippen molar-refractivity contribution in [3.63, 3.8) is 0 Å². The predicted octanol–water partition coefficient (Wildman–Crippen LogP) is 1.68. The van der Waals surface area contributed by atoms with Crippen LogP contribution in [0.25, 0.3) is 11.3 Å². The van der Waals surface area contributed by atoms with Gasteiger partial charge in [-0.15, -0.1) is 5.10 Å². The molecule has 0 spiro atoms. The molecule has 0 radical (unpaired) electrons. The van der Waals surface area contributed by atoms with Gasteiger partial charge in [-0.05, 0) is 13.0 Å².